The van der Waals surface area contributed by atoms with Gasteiger partial charge < -0.3 is 0 Å². The van der Waals surface area contributed by atoms with Crippen molar-refractivity contribution in [1.82, 2.24) is 15.4 Å². The van der Waals surface area contributed by atoms with Crippen molar-refractivity contribution in [3.05, 3.63) is 41.7 Å². The summed E-state index contributed by atoms with van der Waals surface area (Å²) in [5, 5.41) is 1.91. The number of hydrogen-bond acceptors (Lipinski definition) is 3. The first kappa shape index (κ1) is 10.8. The third-order valence-electron chi connectivity index (χ3n) is 2.59. The molecule has 1 N–H and O–H groups in total. The van der Waals surface area contributed by atoms with Crippen molar-refractivity contribution in [2.75, 3.05) is 13.1 Å². The van der Waals surface area contributed by atoms with Crippen LogP contribution in [0.1, 0.15) is 23.8 Å². The Kier molecular flexibility index (Phi) is 3.31. The van der Waals surface area contributed by atoms with Crippen LogP contribution in [-0.4, -0.2) is 29.0 Å². The topological polar surface area (TPSA) is 45.2 Å². The molecule has 4 nitrogen and oxygen atoms in total. The van der Waals surface area contributed by atoms with Gasteiger partial charge in [0.15, 0.2) is 0 Å². The van der Waals surface area contributed by atoms with Gasteiger partial charge in [-0.05, 0) is 25.5 Å². The number of carbonyl (C=O) groups is 1. The Hall–Kier alpha value is -1.68. The van der Waals surface area contributed by atoms with E-state index in [1.165, 1.54) is 5.57 Å². The van der Waals surface area contributed by atoms with E-state index in [1.807, 2.05) is 11.1 Å². The molecule has 1 aliphatic heterocycles. The zero-order valence-electron chi connectivity index (χ0n) is 9.31. The molecule has 1 amide bonds. The second-order valence-corrected chi connectivity index (χ2v) is 3.90. The standard InChI is InChI=1S/C12H15N3O/c1-10-5-8-15(9-6-10)14-12(16)11-4-2-3-7-13-11/h2-5,7H,6,8-9H2,1H3,(H,14,16). The zero-order chi connectivity index (χ0) is 11.4. The van der Waals surface area contributed by atoms with E-state index in [0.29, 0.717) is 5.69 Å². The Balaban J connectivity index is 1.94. The number of nitrogens with zero attached hydrogens (tertiary/aromatic N) is 2. The zero-order valence-corrected chi connectivity index (χ0v) is 9.31. The molecule has 84 valence electrons. The third kappa shape index (κ3) is 2.67. The molecule has 0 spiro atoms. The van der Waals surface area contributed by atoms with Crippen molar-refractivity contribution in [2.45, 2.75) is 13.3 Å². The van der Waals surface area contributed by atoms with E-state index in [1.54, 1.807) is 18.3 Å². The molecule has 0 aromatic carbocycles. The van der Waals surface area contributed by atoms with Crippen LogP contribution >= 0.6 is 0 Å². The van der Waals surface area contributed by atoms with Gasteiger partial charge in [0, 0.05) is 19.3 Å². The molecule has 0 saturated carbocycles. The van der Waals surface area contributed by atoms with E-state index in [-0.39, 0.29) is 5.91 Å². The van der Waals surface area contributed by atoms with Crippen LogP contribution in [0.5, 0.6) is 0 Å². The second-order valence-electron chi connectivity index (χ2n) is 3.90. The Morgan fingerprint density at radius 3 is 3.00 bits per heavy atom. The van der Waals surface area contributed by atoms with E-state index < -0.39 is 0 Å². The van der Waals surface area contributed by atoms with Crippen molar-refractivity contribution in [3.63, 3.8) is 0 Å². The summed E-state index contributed by atoms with van der Waals surface area (Å²) in [5.41, 5.74) is 4.67. The van der Waals surface area contributed by atoms with Crippen LogP contribution in [0.3, 0.4) is 0 Å². The fourth-order valence-electron chi connectivity index (χ4n) is 1.57. The third-order valence-corrected chi connectivity index (χ3v) is 2.59. The fraction of sp³-hybridized carbons (Fsp3) is 0.333. The van der Waals surface area contributed by atoms with Crippen molar-refractivity contribution in [2.24, 2.45) is 0 Å². The van der Waals surface area contributed by atoms with Crippen molar-refractivity contribution >= 4 is 5.91 Å². The minimum absolute atomic E-state index is 0.145. The maximum absolute atomic E-state index is 11.8. The summed E-state index contributed by atoms with van der Waals surface area (Å²) in [6.45, 7) is 3.74. The van der Waals surface area contributed by atoms with Crippen LogP contribution in [0.15, 0.2) is 36.0 Å². The van der Waals surface area contributed by atoms with E-state index in [2.05, 4.69) is 23.4 Å². The lowest BCUT2D eigenvalue weighted by atomic mass is 10.1. The lowest BCUT2D eigenvalue weighted by Gasteiger charge is -2.25. The summed E-state index contributed by atoms with van der Waals surface area (Å²) >= 11 is 0. The highest BCUT2D eigenvalue weighted by atomic mass is 16.2. The highest BCUT2D eigenvalue weighted by Gasteiger charge is 2.13. The number of nitrogens with one attached hydrogen (secondary N) is 1. The number of hydrazine groups is 1. The molecule has 2 heterocycles. The largest absolute Gasteiger partial charge is 0.284 e. The van der Waals surface area contributed by atoms with Crippen LogP contribution in [0.4, 0.5) is 0 Å². The van der Waals surface area contributed by atoms with Crippen molar-refractivity contribution < 1.29 is 4.79 Å². The van der Waals surface area contributed by atoms with E-state index in [0.717, 1.165) is 19.5 Å². The fourth-order valence-corrected chi connectivity index (χ4v) is 1.57. The maximum Gasteiger partial charge on any atom is 0.284 e. The molecular weight excluding hydrogens is 202 g/mol. The number of amides is 1. The van der Waals surface area contributed by atoms with Crippen LogP contribution < -0.4 is 5.43 Å². The molecule has 0 atom stereocenters. The molecule has 1 aromatic heterocycles. The summed E-state index contributed by atoms with van der Waals surface area (Å²) in [6, 6.07) is 5.31. The molecule has 4 heteroatoms. The highest BCUT2D eigenvalue weighted by Crippen LogP contribution is 2.07. The van der Waals surface area contributed by atoms with Gasteiger partial charge in [-0.3, -0.25) is 15.2 Å². The van der Waals surface area contributed by atoms with Gasteiger partial charge in [0.2, 0.25) is 0 Å². The van der Waals surface area contributed by atoms with Gasteiger partial charge in [-0.15, -0.1) is 0 Å². The first-order chi connectivity index (χ1) is 7.75. The quantitative estimate of drug-likeness (QED) is 0.761. The smallest absolute Gasteiger partial charge is 0.283 e. The van der Waals surface area contributed by atoms with Gasteiger partial charge >= 0.3 is 0 Å². The van der Waals surface area contributed by atoms with E-state index >= 15 is 0 Å². The lowest BCUT2D eigenvalue weighted by Crippen LogP contribution is -2.44. The first-order valence-electron chi connectivity index (χ1n) is 5.38. The highest BCUT2D eigenvalue weighted by molar-refractivity contribution is 5.91. The average Bonchev–Trinajstić information content (AvgIpc) is 2.33. The average molecular weight is 217 g/mol. The Morgan fingerprint density at radius 2 is 2.38 bits per heavy atom. The summed E-state index contributed by atoms with van der Waals surface area (Å²) in [5.74, 6) is -0.145. The number of pyridine rings is 1. The minimum Gasteiger partial charge on any atom is -0.283 e. The molecule has 0 aliphatic carbocycles. The van der Waals surface area contributed by atoms with Gasteiger partial charge in [0.05, 0.1) is 0 Å². The van der Waals surface area contributed by atoms with Crippen LogP contribution in [0.2, 0.25) is 0 Å². The molecule has 1 aliphatic rings. The van der Waals surface area contributed by atoms with Gasteiger partial charge in [-0.1, -0.05) is 17.7 Å². The molecule has 0 fully saturated rings. The summed E-state index contributed by atoms with van der Waals surface area (Å²) in [7, 11) is 0. The van der Waals surface area contributed by atoms with Gasteiger partial charge in [-0.25, -0.2) is 5.01 Å². The van der Waals surface area contributed by atoms with E-state index in [9.17, 15) is 4.79 Å². The van der Waals surface area contributed by atoms with Gasteiger partial charge in [0.25, 0.3) is 5.91 Å². The van der Waals surface area contributed by atoms with Crippen molar-refractivity contribution in [3.8, 4) is 0 Å². The van der Waals surface area contributed by atoms with Crippen molar-refractivity contribution in [1.29, 1.82) is 0 Å². The van der Waals surface area contributed by atoms with Gasteiger partial charge in [-0.2, -0.15) is 0 Å². The number of aromatic nitrogens is 1. The minimum atomic E-state index is -0.145. The van der Waals surface area contributed by atoms with Crippen LogP contribution in [0.25, 0.3) is 0 Å². The number of hydrogen-bond donors (Lipinski definition) is 1. The molecule has 0 unspecified atom stereocenters. The van der Waals surface area contributed by atoms with Crippen LogP contribution in [-0.2, 0) is 0 Å². The second kappa shape index (κ2) is 4.90. The maximum atomic E-state index is 11.8. The number of carbonyl (C=O) groups excluding carboxylic acids is 1. The van der Waals surface area contributed by atoms with Gasteiger partial charge in [0.1, 0.15) is 5.69 Å². The monoisotopic (exact) mass is 217 g/mol. The molecule has 0 saturated heterocycles. The number of rotatable bonds is 2. The SMILES string of the molecule is CC1=CCN(NC(=O)c2ccccn2)CC1. The summed E-state index contributed by atoms with van der Waals surface area (Å²) in [6.07, 6.45) is 4.75. The molecular formula is C12H15N3O. The predicted octanol–water partition coefficient (Wildman–Crippen LogP) is 1.38. The molecule has 2 rings (SSSR count). The summed E-state index contributed by atoms with van der Waals surface area (Å²) in [4.78, 5) is 15.8. The molecule has 16 heavy (non-hydrogen) atoms. The molecule has 0 radical (unpaired) electrons. The predicted molar refractivity (Wildman–Crippen MR) is 61.7 cm³/mol. The van der Waals surface area contributed by atoms with E-state index in [4.69, 9.17) is 0 Å². The molecule has 0 bridgehead atoms. The van der Waals surface area contributed by atoms with Crippen LogP contribution in [0, 0.1) is 0 Å². The Bertz CT molecular complexity index is 400. The summed E-state index contributed by atoms with van der Waals surface area (Å²) < 4.78 is 0. The first-order valence-corrected chi connectivity index (χ1v) is 5.38. The Morgan fingerprint density at radius 1 is 1.50 bits per heavy atom. The molecule has 1 aromatic rings. The lowest BCUT2D eigenvalue weighted by molar-refractivity contribution is 0.0796. The normalized spacial score (nSPS) is 16.7. The Labute approximate surface area is 95.0 Å².